The van der Waals surface area contributed by atoms with Gasteiger partial charge in [-0.25, -0.2) is 18.7 Å². The minimum atomic E-state index is -0.992. The first kappa shape index (κ1) is 23.7. The number of benzene rings is 2. The summed E-state index contributed by atoms with van der Waals surface area (Å²) in [6.07, 6.45) is 12.1. The molecule has 0 unspecified atom stereocenters. The van der Waals surface area contributed by atoms with Gasteiger partial charge < -0.3 is 15.6 Å². The normalized spacial score (nSPS) is 13.7. The number of halogens is 2. The number of ketones is 1. The molecule has 0 bridgehead atoms. The molecule has 0 atom stereocenters. The summed E-state index contributed by atoms with van der Waals surface area (Å²) < 4.78 is 26.5. The quantitative estimate of drug-likeness (QED) is 0.222. The highest BCUT2D eigenvalue weighted by Crippen LogP contribution is 2.34. The number of rotatable bonds is 8. The van der Waals surface area contributed by atoms with Gasteiger partial charge >= 0.3 is 0 Å². The molecule has 8 nitrogen and oxygen atoms in total. The zero-order valence-electron chi connectivity index (χ0n) is 19.3. The van der Waals surface area contributed by atoms with Crippen LogP contribution in [0.4, 0.5) is 26.0 Å². The van der Waals surface area contributed by atoms with Crippen LogP contribution >= 0.6 is 0 Å². The number of carbonyl (C=O) groups excluding carboxylic acids is 2. The van der Waals surface area contributed by atoms with Gasteiger partial charge in [-0.15, -0.1) is 0 Å². The third kappa shape index (κ3) is 5.48. The van der Waals surface area contributed by atoms with Gasteiger partial charge in [0.1, 0.15) is 11.5 Å². The number of Topliss-reactive ketones (excluding diaryl/α,β-unsaturated/α-hetero) is 1. The van der Waals surface area contributed by atoms with E-state index in [2.05, 4.69) is 30.6 Å². The predicted molar refractivity (Wildman–Crippen MR) is 136 cm³/mol. The Bertz CT molecular complexity index is 1550. The van der Waals surface area contributed by atoms with Crippen molar-refractivity contribution in [1.29, 1.82) is 0 Å². The molecule has 2 aromatic heterocycles. The predicted octanol–water partition coefficient (Wildman–Crippen LogP) is 5.39. The largest absolute Gasteiger partial charge is 0.345 e. The molecule has 0 fully saturated rings. The van der Waals surface area contributed by atoms with Gasteiger partial charge in [-0.2, -0.15) is 0 Å². The van der Waals surface area contributed by atoms with E-state index in [1.807, 2.05) is 30.4 Å². The SMILES string of the molecule is O=C1Nc2cc(/C=C/CCC(=O)c3cncc(Nc4ccc(F)c(F)c4)n3)ccc2/C1=C/c1cnc[nH]1. The average Bonchev–Trinajstić information content (AvgIpc) is 3.52. The third-order valence-electron chi connectivity index (χ3n) is 5.61. The van der Waals surface area contributed by atoms with Gasteiger partial charge in [0.05, 0.1) is 36.2 Å². The lowest BCUT2D eigenvalue weighted by Gasteiger charge is -2.07. The molecule has 3 N–H and O–H groups in total. The molecule has 2 aromatic carbocycles. The minimum Gasteiger partial charge on any atom is -0.345 e. The van der Waals surface area contributed by atoms with Gasteiger partial charge in [-0.3, -0.25) is 14.6 Å². The van der Waals surface area contributed by atoms with Crippen LogP contribution < -0.4 is 10.6 Å². The van der Waals surface area contributed by atoms with E-state index in [0.717, 1.165) is 34.6 Å². The van der Waals surface area contributed by atoms with E-state index in [-0.39, 0.29) is 35.3 Å². The molecule has 0 saturated heterocycles. The second kappa shape index (κ2) is 10.3. The zero-order chi connectivity index (χ0) is 25.8. The Morgan fingerprint density at radius 3 is 2.73 bits per heavy atom. The van der Waals surface area contributed by atoms with E-state index >= 15 is 0 Å². The molecule has 4 aromatic rings. The van der Waals surface area contributed by atoms with Crippen LogP contribution in [-0.2, 0) is 4.79 Å². The molecule has 37 heavy (non-hydrogen) atoms. The molecule has 0 aliphatic carbocycles. The highest BCUT2D eigenvalue weighted by molar-refractivity contribution is 6.34. The van der Waals surface area contributed by atoms with Gasteiger partial charge in [0.2, 0.25) is 0 Å². The number of anilines is 3. The first-order valence-corrected chi connectivity index (χ1v) is 11.4. The molecular weight excluding hydrogens is 478 g/mol. The van der Waals surface area contributed by atoms with Crippen molar-refractivity contribution in [2.24, 2.45) is 0 Å². The van der Waals surface area contributed by atoms with Gasteiger partial charge in [0.25, 0.3) is 5.91 Å². The maximum absolute atomic E-state index is 13.4. The van der Waals surface area contributed by atoms with E-state index in [1.54, 1.807) is 18.6 Å². The Balaban J connectivity index is 1.19. The number of aromatic nitrogens is 4. The maximum atomic E-state index is 13.4. The molecule has 0 spiro atoms. The number of amides is 1. The number of nitrogens with one attached hydrogen (secondary N) is 3. The minimum absolute atomic E-state index is 0.165. The summed E-state index contributed by atoms with van der Waals surface area (Å²) in [7, 11) is 0. The second-order valence-corrected chi connectivity index (χ2v) is 8.23. The van der Waals surface area contributed by atoms with Gasteiger partial charge in [-0.1, -0.05) is 24.3 Å². The van der Waals surface area contributed by atoms with Crippen LogP contribution in [0.2, 0.25) is 0 Å². The summed E-state index contributed by atoms with van der Waals surface area (Å²) in [5.74, 6) is -2.09. The Morgan fingerprint density at radius 1 is 1.03 bits per heavy atom. The van der Waals surface area contributed by atoms with Crippen LogP contribution in [0.1, 0.15) is 40.2 Å². The van der Waals surface area contributed by atoms with Crippen LogP contribution in [-0.4, -0.2) is 31.6 Å². The van der Waals surface area contributed by atoms with E-state index in [4.69, 9.17) is 0 Å². The Labute approximate surface area is 210 Å². The summed E-state index contributed by atoms with van der Waals surface area (Å²) in [5, 5.41) is 5.68. The number of fused-ring (bicyclic) bond motifs is 1. The molecule has 184 valence electrons. The molecule has 10 heteroatoms. The van der Waals surface area contributed by atoms with Crippen molar-refractivity contribution in [2.75, 3.05) is 10.6 Å². The summed E-state index contributed by atoms with van der Waals surface area (Å²) in [4.78, 5) is 40.1. The van der Waals surface area contributed by atoms with Crippen molar-refractivity contribution >= 4 is 46.6 Å². The highest BCUT2D eigenvalue weighted by Gasteiger charge is 2.24. The van der Waals surface area contributed by atoms with Gasteiger partial charge in [0, 0.05) is 29.4 Å². The Hall–Kier alpha value is -4.99. The number of aromatic amines is 1. The van der Waals surface area contributed by atoms with Crippen molar-refractivity contribution in [3.8, 4) is 0 Å². The van der Waals surface area contributed by atoms with Crippen molar-refractivity contribution in [2.45, 2.75) is 12.8 Å². The molecule has 0 saturated carbocycles. The molecule has 1 amide bonds. The van der Waals surface area contributed by atoms with Crippen molar-refractivity contribution in [3.63, 3.8) is 0 Å². The topological polar surface area (TPSA) is 113 Å². The highest BCUT2D eigenvalue weighted by atomic mass is 19.2. The monoisotopic (exact) mass is 498 g/mol. The molecule has 0 radical (unpaired) electrons. The number of allylic oxidation sites excluding steroid dienone is 1. The lowest BCUT2D eigenvalue weighted by molar-refractivity contribution is -0.110. The lowest BCUT2D eigenvalue weighted by Crippen LogP contribution is -2.05. The molecular formula is C27H20F2N6O2. The number of carbonyl (C=O) groups is 2. The van der Waals surface area contributed by atoms with Gasteiger partial charge in [-0.05, 0) is 36.3 Å². The molecule has 1 aliphatic rings. The standard InChI is InChI=1S/C27H20F2N6O2/c28-21-8-6-17(11-22(21)29)33-26-14-30-13-24(34-26)25(36)4-2-1-3-16-5-7-19-20(10-18-12-31-15-32-18)27(37)35-23(19)9-16/h1,3,5-15H,2,4H2,(H,31,32)(H,33,34)(H,35,37)/b3-1+,20-10-. The lowest BCUT2D eigenvalue weighted by atomic mass is 10.0. The van der Waals surface area contributed by atoms with E-state index in [0.29, 0.717) is 12.0 Å². The van der Waals surface area contributed by atoms with Crippen LogP contribution in [0.5, 0.6) is 0 Å². The Morgan fingerprint density at radius 2 is 1.92 bits per heavy atom. The summed E-state index contributed by atoms with van der Waals surface area (Å²) in [5.41, 5.74) is 4.15. The summed E-state index contributed by atoms with van der Waals surface area (Å²) in [6, 6.07) is 9.01. The smallest absolute Gasteiger partial charge is 0.256 e. The van der Waals surface area contributed by atoms with E-state index < -0.39 is 11.6 Å². The number of hydrogen-bond acceptors (Lipinski definition) is 6. The second-order valence-electron chi connectivity index (χ2n) is 8.23. The van der Waals surface area contributed by atoms with E-state index in [1.165, 1.54) is 18.5 Å². The third-order valence-corrected chi connectivity index (χ3v) is 5.61. The average molecular weight is 498 g/mol. The van der Waals surface area contributed by atoms with Crippen molar-refractivity contribution in [3.05, 3.63) is 102 Å². The maximum Gasteiger partial charge on any atom is 0.256 e. The fourth-order valence-electron chi connectivity index (χ4n) is 3.80. The Kier molecular flexibility index (Phi) is 6.62. The molecule has 5 rings (SSSR count). The number of imidazole rings is 1. The first-order chi connectivity index (χ1) is 18.0. The van der Waals surface area contributed by atoms with Crippen LogP contribution in [0.15, 0.2) is 67.4 Å². The van der Waals surface area contributed by atoms with Crippen LogP contribution in [0.3, 0.4) is 0 Å². The summed E-state index contributed by atoms with van der Waals surface area (Å²) >= 11 is 0. The van der Waals surface area contributed by atoms with Crippen molar-refractivity contribution < 1.29 is 18.4 Å². The molecule has 3 heterocycles. The van der Waals surface area contributed by atoms with Crippen molar-refractivity contribution in [1.82, 2.24) is 19.9 Å². The fraction of sp³-hybridized carbons (Fsp3) is 0.0741. The number of H-pyrrole nitrogens is 1. The van der Waals surface area contributed by atoms with E-state index in [9.17, 15) is 18.4 Å². The van der Waals surface area contributed by atoms with Crippen LogP contribution in [0, 0.1) is 11.6 Å². The fourth-order valence-corrected chi connectivity index (χ4v) is 3.80. The molecule has 1 aliphatic heterocycles. The number of hydrogen-bond donors (Lipinski definition) is 3. The van der Waals surface area contributed by atoms with Gasteiger partial charge in [0.15, 0.2) is 17.4 Å². The summed E-state index contributed by atoms with van der Waals surface area (Å²) in [6.45, 7) is 0. The van der Waals surface area contributed by atoms with Crippen LogP contribution in [0.25, 0.3) is 17.7 Å². The zero-order valence-corrected chi connectivity index (χ0v) is 19.3. The number of nitrogens with zero attached hydrogens (tertiary/aromatic N) is 3. The first-order valence-electron chi connectivity index (χ1n) is 11.4.